The number of hydrogen-bond donors (Lipinski definition) is 0. The fraction of sp³-hybridized carbons (Fsp3) is 0.316. The van der Waals surface area contributed by atoms with Gasteiger partial charge in [-0.2, -0.15) is 0 Å². The van der Waals surface area contributed by atoms with Gasteiger partial charge in [-0.1, -0.05) is 36.4 Å². The number of nitrogens with zero attached hydrogens (tertiary/aromatic N) is 2. The van der Waals surface area contributed by atoms with Crippen LogP contribution in [-0.4, -0.2) is 30.4 Å². The van der Waals surface area contributed by atoms with Crippen LogP contribution in [0.1, 0.15) is 18.4 Å². The molecule has 1 aliphatic rings. The molecule has 120 valence electrons. The molecule has 0 aliphatic heterocycles. The molecule has 1 saturated carbocycles. The van der Waals surface area contributed by atoms with Crippen molar-refractivity contribution in [1.82, 2.24) is 4.90 Å². The lowest BCUT2D eigenvalue weighted by Crippen LogP contribution is -2.39. The number of rotatable bonds is 6. The minimum absolute atomic E-state index is 0.0273. The van der Waals surface area contributed by atoms with E-state index in [1.165, 1.54) is 6.07 Å². The predicted octanol–water partition coefficient (Wildman–Crippen LogP) is 3.45. The lowest BCUT2D eigenvalue weighted by Gasteiger charge is -2.25. The molecule has 2 aromatic rings. The quantitative estimate of drug-likeness (QED) is 0.815. The summed E-state index contributed by atoms with van der Waals surface area (Å²) in [6.45, 7) is 0.788. The molecule has 4 heteroatoms. The van der Waals surface area contributed by atoms with Crippen LogP contribution < -0.4 is 4.90 Å². The fourth-order valence-electron chi connectivity index (χ4n) is 2.67. The largest absolute Gasteiger partial charge is 0.314 e. The maximum atomic E-state index is 13.9. The summed E-state index contributed by atoms with van der Waals surface area (Å²) in [7, 11) is 1.78. The van der Waals surface area contributed by atoms with E-state index in [2.05, 4.69) is 4.90 Å². The fourth-order valence-corrected chi connectivity index (χ4v) is 2.67. The van der Waals surface area contributed by atoms with Crippen molar-refractivity contribution in [2.24, 2.45) is 0 Å². The average molecular weight is 312 g/mol. The number of carbonyl (C=O) groups excluding carboxylic acids is 1. The molecule has 2 aromatic carbocycles. The van der Waals surface area contributed by atoms with Gasteiger partial charge in [0.05, 0.1) is 6.54 Å². The number of halogens is 1. The lowest BCUT2D eigenvalue weighted by atomic mass is 10.2. The van der Waals surface area contributed by atoms with Gasteiger partial charge in [0.15, 0.2) is 0 Å². The number of para-hydroxylation sites is 1. The Morgan fingerprint density at radius 3 is 2.39 bits per heavy atom. The number of carbonyl (C=O) groups is 1. The van der Waals surface area contributed by atoms with Crippen LogP contribution in [0.4, 0.5) is 10.1 Å². The van der Waals surface area contributed by atoms with Crippen LogP contribution in [0.5, 0.6) is 0 Å². The summed E-state index contributed by atoms with van der Waals surface area (Å²) in [5.41, 5.74) is 1.52. The van der Waals surface area contributed by atoms with Crippen LogP contribution in [0, 0.1) is 5.82 Å². The molecule has 0 atom stereocenters. The van der Waals surface area contributed by atoms with Crippen LogP contribution in [-0.2, 0) is 11.3 Å². The van der Waals surface area contributed by atoms with Gasteiger partial charge in [0.25, 0.3) is 0 Å². The van der Waals surface area contributed by atoms with Gasteiger partial charge in [0.2, 0.25) is 5.91 Å². The van der Waals surface area contributed by atoms with Gasteiger partial charge in [-0.05, 0) is 31.0 Å². The normalized spacial score (nSPS) is 14.0. The van der Waals surface area contributed by atoms with Gasteiger partial charge in [-0.15, -0.1) is 0 Å². The molecule has 23 heavy (non-hydrogen) atoms. The van der Waals surface area contributed by atoms with Gasteiger partial charge >= 0.3 is 0 Å². The minimum Gasteiger partial charge on any atom is -0.314 e. The van der Waals surface area contributed by atoms with Gasteiger partial charge < -0.3 is 4.90 Å². The highest BCUT2D eigenvalue weighted by Crippen LogP contribution is 2.29. The van der Waals surface area contributed by atoms with E-state index < -0.39 is 0 Å². The Balaban J connectivity index is 1.68. The lowest BCUT2D eigenvalue weighted by molar-refractivity contribution is -0.119. The van der Waals surface area contributed by atoms with Crippen LogP contribution >= 0.6 is 0 Å². The molecular weight excluding hydrogens is 291 g/mol. The topological polar surface area (TPSA) is 23.6 Å². The van der Waals surface area contributed by atoms with Crippen molar-refractivity contribution in [2.45, 2.75) is 25.4 Å². The molecule has 0 spiro atoms. The maximum Gasteiger partial charge on any atom is 0.240 e. The molecule has 0 bridgehead atoms. The van der Waals surface area contributed by atoms with Crippen LogP contribution in [0.25, 0.3) is 0 Å². The summed E-state index contributed by atoms with van der Waals surface area (Å²) in [5.74, 6) is -0.179. The van der Waals surface area contributed by atoms with Gasteiger partial charge in [0.1, 0.15) is 5.82 Å². The van der Waals surface area contributed by atoms with Gasteiger partial charge in [0, 0.05) is 30.9 Å². The molecule has 0 N–H and O–H groups in total. The third-order valence-electron chi connectivity index (χ3n) is 4.25. The molecule has 1 aliphatic carbocycles. The van der Waals surface area contributed by atoms with Crippen molar-refractivity contribution in [1.29, 1.82) is 0 Å². The first kappa shape index (κ1) is 15.7. The van der Waals surface area contributed by atoms with Crippen molar-refractivity contribution < 1.29 is 9.18 Å². The Kier molecular flexibility index (Phi) is 4.72. The third kappa shape index (κ3) is 3.96. The Bertz CT molecular complexity index is 670. The predicted molar refractivity (Wildman–Crippen MR) is 89.7 cm³/mol. The Morgan fingerprint density at radius 2 is 1.74 bits per heavy atom. The second-order valence-electron chi connectivity index (χ2n) is 6.02. The average Bonchev–Trinajstić information content (AvgIpc) is 3.41. The molecule has 0 aromatic heterocycles. The van der Waals surface area contributed by atoms with Crippen molar-refractivity contribution in [3.05, 3.63) is 66.0 Å². The zero-order valence-corrected chi connectivity index (χ0v) is 13.3. The summed E-state index contributed by atoms with van der Waals surface area (Å²) in [4.78, 5) is 16.3. The van der Waals surface area contributed by atoms with Crippen molar-refractivity contribution >= 4 is 11.6 Å². The van der Waals surface area contributed by atoms with E-state index in [4.69, 9.17) is 0 Å². The van der Waals surface area contributed by atoms with E-state index in [1.807, 2.05) is 36.4 Å². The smallest absolute Gasteiger partial charge is 0.240 e. The molecule has 0 saturated heterocycles. The highest BCUT2D eigenvalue weighted by Gasteiger charge is 2.31. The molecule has 3 nitrogen and oxygen atoms in total. The molecular formula is C19H21FN2O. The van der Waals surface area contributed by atoms with E-state index in [0.717, 1.165) is 18.5 Å². The van der Waals surface area contributed by atoms with Crippen molar-refractivity contribution in [3.8, 4) is 0 Å². The van der Waals surface area contributed by atoms with E-state index in [9.17, 15) is 9.18 Å². The minimum atomic E-state index is -0.206. The Hall–Kier alpha value is -2.20. The first-order valence-electron chi connectivity index (χ1n) is 7.94. The number of amides is 1. The summed E-state index contributed by atoms with van der Waals surface area (Å²) in [5, 5.41) is 0. The second kappa shape index (κ2) is 6.92. The summed E-state index contributed by atoms with van der Waals surface area (Å²) < 4.78 is 13.9. The molecule has 3 rings (SSSR count). The molecule has 0 unspecified atom stereocenters. The van der Waals surface area contributed by atoms with Crippen molar-refractivity contribution in [2.75, 3.05) is 18.5 Å². The summed E-state index contributed by atoms with van der Waals surface area (Å²) in [6, 6.07) is 16.8. The first-order valence-corrected chi connectivity index (χ1v) is 7.94. The van der Waals surface area contributed by atoms with Crippen LogP contribution in [0.15, 0.2) is 54.6 Å². The molecule has 0 radical (unpaired) electrons. The zero-order chi connectivity index (χ0) is 16.2. The Morgan fingerprint density at radius 1 is 1.09 bits per heavy atom. The molecule has 1 fully saturated rings. The summed E-state index contributed by atoms with van der Waals surface area (Å²) >= 11 is 0. The van der Waals surface area contributed by atoms with Crippen LogP contribution in [0.3, 0.4) is 0 Å². The zero-order valence-electron chi connectivity index (χ0n) is 13.3. The number of benzene rings is 2. The van der Waals surface area contributed by atoms with E-state index in [-0.39, 0.29) is 11.7 Å². The van der Waals surface area contributed by atoms with Gasteiger partial charge in [-0.25, -0.2) is 4.39 Å². The number of anilines is 1. The van der Waals surface area contributed by atoms with E-state index >= 15 is 0 Å². The second-order valence-corrected chi connectivity index (χ2v) is 6.02. The third-order valence-corrected chi connectivity index (χ3v) is 4.25. The highest BCUT2D eigenvalue weighted by molar-refractivity contribution is 5.94. The first-order chi connectivity index (χ1) is 11.1. The standard InChI is InChI=1S/C19H21FN2O/c1-21(16-8-3-2-4-9-16)19(23)14-22(17-11-12-17)13-15-7-5-6-10-18(15)20/h2-10,17H,11-14H2,1H3. The molecule has 1 amide bonds. The number of hydrogen-bond acceptors (Lipinski definition) is 2. The monoisotopic (exact) mass is 312 g/mol. The van der Waals surface area contributed by atoms with E-state index in [1.54, 1.807) is 24.1 Å². The van der Waals surface area contributed by atoms with Gasteiger partial charge in [-0.3, -0.25) is 9.69 Å². The summed E-state index contributed by atoms with van der Waals surface area (Å²) in [6.07, 6.45) is 2.16. The maximum absolute atomic E-state index is 13.9. The highest BCUT2D eigenvalue weighted by atomic mass is 19.1. The number of likely N-dealkylation sites (N-methyl/N-ethyl adjacent to an activating group) is 1. The SMILES string of the molecule is CN(C(=O)CN(Cc1ccccc1F)C1CC1)c1ccccc1. The molecule has 0 heterocycles. The Labute approximate surface area is 136 Å². The van der Waals surface area contributed by atoms with E-state index in [0.29, 0.717) is 24.7 Å². The van der Waals surface area contributed by atoms with Crippen LogP contribution in [0.2, 0.25) is 0 Å². The van der Waals surface area contributed by atoms with Crippen molar-refractivity contribution in [3.63, 3.8) is 0 Å².